The molecule has 0 saturated carbocycles. The highest BCUT2D eigenvalue weighted by Gasteiger charge is 2.27. The van der Waals surface area contributed by atoms with Crippen molar-refractivity contribution >= 4 is 23.3 Å². The number of benzene rings is 3. The fourth-order valence-electron chi connectivity index (χ4n) is 2.96. The van der Waals surface area contributed by atoms with Crippen molar-refractivity contribution in [3.05, 3.63) is 105 Å². The highest BCUT2D eigenvalue weighted by molar-refractivity contribution is 6.14. The summed E-state index contributed by atoms with van der Waals surface area (Å²) in [6.45, 7) is -0.137. The summed E-state index contributed by atoms with van der Waals surface area (Å²) < 4.78 is 11.2. The molecule has 0 unspecified atom stereocenters. The van der Waals surface area contributed by atoms with Gasteiger partial charge in [-0.2, -0.15) is 0 Å². The van der Waals surface area contributed by atoms with Gasteiger partial charge in [-0.3, -0.25) is 19.7 Å². The van der Waals surface area contributed by atoms with Gasteiger partial charge in [-0.1, -0.05) is 30.3 Å². The van der Waals surface area contributed by atoms with Gasteiger partial charge < -0.3 is 9.47 Å². The van der Waals surface area contributed by atoms with E-state index in [2.05, 4.69) is 0 Å². The lowest BCUT2D eigenvalue weighted by atomic mass is 10.1. The zero-order chi connectivity index (χ0) is 21.1. The molecule has 0 aliphatic carbocycles. The summed E-state index contributed by atoms with van der Waals surface area (Å²) in [6.07, 6.45) is 1.52. The van der Waals surface area contributed by atoms with Gasteiger partial charge in [-0.05, 0) is 35.9 Å². The number of hydrogen-bond acceptors (Lipinski definition) is 6. The maximum absolute atomic E-state index is 12.5. The minimum Gasteiger partial charge on any atom is -0.485 e. The van der Waals surface area contributed by atoms with Crippen LogP contribution in [0.25, 0.3) is 6.08 Å². The van der Waals surface area contributed by atoms with Crippen molar-refractivity contribution in [1.82, 2.24) is 0 Å². The van der Waals surface area contributed by atoms with Gasteiger partial charge in [0.2, 0.25) is 5.78 Å². The predicted octanol–water partition coefficient (Wildman–Crippen LogP) is 4.47. The number of non-ortho nitro benzene ring substituents is 1. The largest absolute Gasteiger partial charge is 0.485 e. The highest BCUT2D eigenvalue weighted by atomic mass is 16.6. The van der Waals surface area contributed by atoms with Crippen LogP contribution in [0, 0.1) is 10.1 Å². The van der Waals surface area contributed by atoms with Crippen LogP contribution in [0.4, 0.5) is 5.69 Å². The van der Waals surface area contributed by atoms with E-state index in [0.717, 1.165) is 0 Å². The van der Waals surface area contributed by atoms with Gasteiger partial charge in [0.05, 0.1) is 10.5 Å². The van der Waals surface area contributed by atoms with E-state index in [9.17, 15) is 19.7 Å². The number of hydrogen-bond donors (Lipinski definition) is 0. The molecule has 0 aromatic heterocycles. The molecule has 0 fully saturated rings. The van der Waals surface area contributed by atoms with Gasteiger partial charge in [-0.15, -0.1) is 0 Å². The third kappa shape index (κ3) is 3.95. The van der Waals surface area contributed by atoms with E-state index in [1.54, 1.807) is 42.5 Å². The fraction of sp³-hybridized carbons (Fsp3) is 0.0435. The van der Waals surface area contributed by atoms with Gasteiger partial charge in [-0.25, -0.2) is 0 Å². The number of carbonyl (C=O) groups excluding carboxylic acids is 2. The van der Waals surface area contributed by atoms with Crippen molar-refractivity contribution in [2.45, 2.75) is 0 Å². The summed E-state index contributed by atoms with van der Waals surface area (Å²) >= 11 is 0. The molecule has 7 nitrogen and oxygen atoms in total. The lowest BCUT2D eigenvalue weighted by Crippen LogP contribution is -2.11. The average molecular weight is 401 g/mol. The summed E-state index contributed by atoms with van der Waals surface area (Å²) in [5, 5.41) is 10.7. The SMILES string of the molecule is O=C(COc1ccc2c(c1)OC(=Cc1ccc([N+](=O)[O-])cc1)C2=O)c1ccccc1. The maximum atomic E-state index is 12.5. The Morgan fingerprint density at radius 1 is 1.03 bits per heavy atom. The third-order valence-electron chi connectivity index (χ3n) is 4.51. The molecule has 3 aromatic rings. The summed E-state index contributed by atoms with van der Waals surface area (Å²) in [4.78, 5) is 35.0. The lowest BCUT2D eigenvalue weighted by Gasteiger charge is -2.06. The number of Topliss-reactive ketones (excluding diaryl/α,β-unsaturated/α-hetero) is 2. The van der Waals surface area contributed by atoms with E-state index >= 15 is 0 Å². The van der Waals surface area contributed by atoms with Crippen molar-refractivity contribution in [2.75, 3.05) is 6.61 Å². The second-order valence-corrected chi connectivity index (χ2v) is 6.52. The molecule has 0 saturated heterocycles. The van der Waals surface area contributed by atoms with Crippen molar-refractivity contribution in [2.24, 2.45) is 0 Å². The molecule has 7 heteroatoms. The molecule has 4 rings (SSSR count). The van der Waals surface area contributed by atoms with Crippen LogP contribution < -0.4 is 9.47 Å². The van der Waals surface area contributed by atoms with E-state index < -0.39 is 4.92 Å². The van der Waals surface area contributed by atoms with Crippen molar-refractivity contribution in [1.29, 1.82) is 0 Å². The second kappa shape index (κ2) is 8.00. The molecule has 0 spiro atoms. The molecule has 0 N–H and O–H groups in total. The number of carbonyl (C=O) groups is 2. The first-order valence-electron chi connectivity index (χ1n) is 9.05. The number of fused-ring (bicyclic) bond motifs is 1. The second-order valence-electron chi connectivity index (χ2n) is 6.52. The van der Waals surface area contributed by atoms with Crippen LogP contribution in [0.1, 0.15) is 26.3 Å². The van der Waals surface area contributed by atoms with Crippen molar-refractivity contribution < 1.29 is 24.0 Å². The number of nitro groups is 1. The maximum Gasteiger partial charge on any atom is 0.269 e. The van der Waals surface area contributed by atoms with Gasteiger partial charge in [0, 0.05) is 23.8 Å². The number of nitrogens with zero attached hydrogens (tertiary/aromatic N) is 1. The Balaban J connectivity index is 1.47. The molecule has 0 bridgehead atoms. The van der Waals surface area contributed by atoms with Gasteiger partial charge in [0.25, 0.3) is 5.69 Å². The van der Waals surface area contributed by atoms with Gasteiger partial charge in [0.1, 0.15) is 11.5 Å². The Bertz CT molecular complexity index is 1170. The molecular weight excluding hydrogens is 386 g/mol. The predicted molar refractivity (Wildman–Crippen MR) is 109 cm³/mol. The smallest absolute Gasteiger partial charge is 0.269 e. The Labute approximate surface area is 171 Å². The van der Waals surface area contributed by atoms with Crippen LogP contribution in [0.15, 0.2) is 78.6 Å². The summed E-state index contributed by atoms with van der Waals surface area (Å²) in [6, 6.07) is 19.3. The minimum absolute atomic E-state index is 0.0362. The summed E-state index contributed by atoms with van der Waals surface area (Å²) in [5.74, 6) is 0.388. The van der Waals surface area contributed by atoms with Crippen LogP contribution in [-0.2, 0) is 0 Å². The highest BCUT2D eigenvalue weighted by Crippen LogP contribution is 2.35. The fourth-order valence-corrected chi connectivity index (χ4v) is 2.96. The van der Waals surface area contributed by atoms with Gasteiger partial charge >= 0.3 is 0 Å². The summed E-state index contributed by atoms with van der Waals surface area (Å²) in [7, 11) is 0. The Kier molecular flexibility index (Phi) is 5.09. The quantitative estimate of drug-likeness (QED) is 0.262. The summed E-state index contributed by atoms with van der Waals surface area (Å²) in [5.41, 5.74) is 1.50. The van der Waals surface area contributed by atoms with E-state index in [4.69, 9.17) is 9.47 Å². The lowest BCUT2D eigenvalue weighted by molar-refractivity contribution is -0.384. The van der Waals surface area contributed by atoms with Gasteiger partial charge in [0.15, 0.2) is 18.1 Å². The van der Waals surface area contributed by atoms with E-state index in [1.165, 1.54) is 30.3 Å². The average Bonchev–Trinajstić information content (AvgIpc) is 3.07. The van der Waals surface area contributed by atoms with E-state index in [-0.39, 0.29) is 29.6 Å². The zero-order valence-electron chi connectivity index (χ0n) is 15.6. The minimum atomic E-state index is -0.492. The molecule has 3 aromatic carbocycles. The zero-order valence-corrected chi connectivity index (χ0v) is 15.6. The Morgan fingerprint density at radius 2 is 1.77 bits per heavy atom. The standard InChI is InChI=1S/C23H15NO6/c25-20(16-4-2-1-3-5-16)14-29-18-10-11-19-21(13-18)30-22(23(19)26)12-15-6-8-17(9-7-15)24(27)28/h1-13H,14H2. The topological polar surface area (TPSA) is 95.7 Å². The number of allylic oxidation sites excluding steroid dienone is 1. The van der Waals surface area contributed by atoms with Crippen LogP contribution >= 0.6 is 0 Å². The molecule has 1 aliphatic rings. The van der Waals surface area contributed by atoms with Crippen LogP contribution in [-0.4, -0.2) is 23.1 Å². The molecule has 148 valence electrons. The van der Waals surface area contributed by atoms with E-state index in [0.29, 0.717) is 28.2 Å². The first-order chi connectivity index (χ1) is 14.5. The molecule has 30 heavy (non-hydrogen) atoms. The molecule has 0 atom stereocenters. The number of nitro benzene ring substituents is 1. The first-order valence-corrected chi connectivity index (χ1v) is 9.05. The van der Waals surface area contributed by atoms with E-state index in [1.807, 2.05) is 6.07 Å². The Morgan fingerprint density at radius 3 is 2.47 bits per heavy atom. The third-order valence-corrected chi connectivity index (χ3v) is 4.51. The van der Waals surface area contributed by atoms with Crippen LogP contribution in [0.3, 0.4) is 0 Å². The van der Waals surface area contributed by atoms with Crippen molar-refractivity contribution in [3.8, 4) is 11.5 Å². The number of rotatable bonds is 6. The van der Waals surface area contributed by atoms with Crippen LogP contribution in [0.2, 0.25) is 0 Å². The van der Waals surface area contributed by atoms with Crippen molar-refractivity contribution in [3.63, 3.8) is 0 Å². The van der Waals surface area contributed by atoms with Crippen LogP contribution in [0.5, 0.6) is 11.5 Å². The molecule has 1 aliphatic heterocycles. The Hall–Kier alpha value is -4.26. The molecule has 0 radical (unpaired) electrons. The number of ketones is 2. The molecular formula is C23H15NO6. The number of ether oxygens (including phenoxy) is 2. The monoisotopic (exact) mass is 401 g/mol. The first kappa shape index (κ1) is 19.1. The normalized spacial score (nSPS) is 13.6. The molecule has 0 amide bonds. The molecule has 1 heterocycles.